The van der Waals surface area contributed by atoms with Crippen LogP contribution in [0.15, 0.2) is 105 Å². The Morgan fingerprint density at radius 2 is 1.75 bits per heavy atom. The molecule has 0 unspecified atom stereocenters. The van der Waals surface area contributed by atoms with Gasteiger partial charge in [-0.25, -0.2) is 4.99 Å². The number of amidine groups is 1. The summed E-state index contributed by atoms with van der Waals surface area (Å²) in [6.07, 6.45) is 2.78. The Kier molecular flexibility index (Phi) is 7.54. The summed E-state index contributed by atoms with van der Waals surface area (Å²) in [6.45, 7) is 3.17. The van der Waals surface area contributed by atoms with Crippen molar-refractivity contribution >= 4 is 61.3 Å². The summed E-state index contributed by atoms with van der Waals surface area (Å²) >= 11 is 5.06. The van der Waals surface area contributed by atoms with Crippen molar-refractivity contribution in [3.05, 3.63) is 112 Å². The molecule has 4 aromatic rings. The Bertz CT molecular complexity index is 1460. The first-order valence-electron chi connectivity index (χ1n) is 11.9. The zero-order valence-corrected chi connectivity index (χ0v) is 22.3. The van der Waals surface area contributed by atoms with Crippen LogP contribution in [0.4, 0.5) is 5.69 Å². The number of carbonyl (C=O) groups is 1. The number of fused-ring (bicyclic) bond motifs is 1. The summed E-state index contributed by atoms with van der Waals surface area (Å²) < 4.78 is 6.99. The second-order valence-electron chi connectivity index (χ2n) is 8.41. The molecular formula is C30H25BrN2O2S. The van der Waals surface area contributed by atoms with E-state index in [1.165, 1.54) is 22.5 Å². The third-order valence-electron chi connectivity index (χ3n) is 5.83. The number of aliphatic imine (C=N–C) groups is 1. The molecule has 5 rings (SSSR count). The fraction of sp³-hybridized carbons (Fsp3) is 0.133. The number of rotatable bonds is 7. The molecule has 36 heavy (non-hydrogen) atoms. The van der Waals surface area contributed by atoms with Gasteiger partial charge in [-0.15, -0.1) is 0 Å². The number of benzene rings is 4. The molecule has 0 N–H and O–H groups in total. The summed E-state index contributed by atoms with van der Waals surface area (Å²) in [5, 5.41) is 3.11. The zero-order chi connectivity index (χ0) is 24.9. The van der Waals surface area contributed by atoms with Gasteiger partial charge in [-0.1, -0.05) is 73.7 Å². The maximum Gasteiger partial charge on any atom is 0.266 e. The molecule has 180 valence electrons. The quantitative estimate of drug-likeness (QED) is 0.215. The molecule has 1 aliphatic heterocycles. The van der Waals surface area contributed by atoms with Crippen LogP contribution in [-0.2, 0) is 11.4 Å². The number of amides is 1. The molecule has 0 aromatic heterocycles. The number of carbonyl (C=O) groups excluding carboxylic acids is 1. The largest absolute Gasteiger partial charge is 0.488 e. The second kappa shape index (κ2) is 11.1. The van der Waals surface area contributed by atoms with Crippen LogP contribution in [0, 0.1) is 0 Å². The average molecular weight is 558 g/mol. The number of hydrogen-bond donors (Lipinski definition) is 0. The van der Waals surface area contributed by atoms with E-state index in [0.717, 1.165) is 33.5 Å². The Balaban J connectivity index is 1.34. The number of ether oxygens (including phenoxy) is 1. The maximum absolute atomic E-state index is 13.1. The van der Waals surface area contributed by atoms with Crippen molar-refractivity contribution in [2.75, 3.05) is 6.54 Å². The first-order chi connectivity index (χ1) is 17.6. The summed E-state index contributed by atoms with van der Waals surface area (Å²) in [4.78, 5) is 20.3. The topological polar surface area (TPSA) is 41.9 Å². The highest BCUT2D eigenvalue weighted by Crippen LogP contribution is 2.35. The lowest BCUT2D eigenvalue weighted by Gasteiger charge is -2.13. The van der Waals surface area contributed by atoms with E-state index in [1.807, 2.05) is 66.7 Å². The monoisotopic (exact) mass is 556 g/mol. The zero-order valence-electron chi connectivity index (χ0n) is 19.9. The van der Waals surface area contributed by atoms with Crippen molar-refractivity contribution in [2.45, 2.75) is 20.0 Å². The Morgan fingerprint density at radius 1 is 0.972 bits per heavy atom. The fourth-order valence-corrected chi connectivity index (χ4v) is 5.61. The van der Waals surface area contributed by atoms with Crippen molar-refractivity contribution in [1.29, 1.82) is 0 Å². The molecule has 1 amide bonds. The number of hydrogen-bond acceptors (Lipinski definition) is 4. The predicted molar refractivity (Wildman–Crippen MR) is 154 cm³/mol. The van der Waals surface area contributed by atoms with E-state index in [1.54, 1.807) is 4.90 Å². The lowest BCUT2D eigenvalue weighted by Crippen LogP contribution is -2.29. The van der Waals surface area contributed by atoms with Crippen molar-refractivity contribution < 1.29 is 9.53 Å². The van der Waals surface area contributed by atoms with Gasteiger partial charge >= 0.3 is 0 Å². The number of halogens is 1. The molecule has 1 saturated heterocycles. The molecule has 1 heterocycles. The molecular weight excluding hydrogens is 532 g/mol. The molecule has 6 heteroatoms. The third-order valence-corrected chi connectivity index (χ3v) is 7.46. The highest BCUT2D eigenvalue weighted by Gasteiger charge is 2.32. The smallest absolute Gasteiger partial charge is 0.266 e. The van der Waals surface area contributed by atoms with Crippen molar-refractivity contribution in [2.24, 2.45) is 4.99 Å². The van der Waals surface area contributed by atoms with E-state index >= 15 is 0 Å². The number of nitrogens with zero attached hydrogens (tertiary/aromatic N) is 2. The normalized spacial score (nSPS) is 15.8. The van der Waals surface area contributed by atoms with E-state index in [-0.39, 0.29) is 5.91 Å². The highest BCUT2D eigenvalue weighted by molar-refractivity contribution is 9.10. The summed E-state index contributed by atoms with van der Waals surface area (Å²) in [5.74, 6) is 0.748. The molecule has 0 radical (unpaired) electrons. The average Bonchev–Trinajstić information content (AvgIpc) is 3.18. The minimum atomic E-state index is -0.0102. The lowest BCUT2D eigenvalue weighted by molar-refractivity contribution is -0.122. The molecule has 0 aliphatic carbocycles. The van der Waals surface area contributed by atoms with Crippen molar-refractivity contribution in [3.63, 3.8) is 0 Å². The van der Waals surface area contributed by atoms with Crippen LogP contribution < -0.4 is 4.74 Å². The molecule has 0 saturated carbocycles. The maximum atomic E-state index is 13.1. The molecule has 1 aliphatic rings. The fourth-order valence-electron chi connectivity index (χ4n) is 4.07. The van der Waals surface area contributed by atoms with Crippen LogP contribution in [0.1, 0.15) is 24.5 Å². The van der Waals surface area contributed by atoms with E-state index < -0.39 is 0 Å². The van der Waals surface area contributed by atoms with Crippen molar-refractivity contribution in [1.82, 2.24) is 4.90 Å². The molecule has 0 atom stereocenters. The second-order valence-corrected chi connectivity index (χ2v) is 10.3. The van der Waals surface area contributed by atoms with Crippen LogP contribution in [0.2, 0.25) is 0 Å². The summed E-state index contributed by atoms with van der Waals surface area (Å²) in [7, 11) is 0. The first-order valence-corrected chi connectivity index (χ1v) is 13.5. The molecule has 0 spiro atoms. The van der Waals surface area contributed by atoms with Gasteiger partial charge in [0.2, 0.25) is 0 Å². The minimum absolute atomic E-state index is 0.0102. The van der Waals surface area contributed by atoms with E-state index in [4.69, 9.17) is 9.73 Å². The highest BCUT2D eigenvalue weighted by atomic mass is 79.9. The van der Waals surface area contributed by atoms with Gasteiger partial charge in [0, 0.05) is 6.54 Å². The van der Waals surface area contributed by atoms with Gasteiger partial charge in [-0.2, -0.15) is 0 Å². The van der Waals surface area contributed by atoms with Gasteiger partial charge in [0.25, 0.3) is 5.91 Å². The van der Waals surface area contributed by atoms with Gasteiger partial charge in [-0.3, -0.25) is 9.69 Å². The van der Waals surface area contributed by atoms with Crippen molar-refractivity contribution in [3.8, 4) is 5.75 Å². The first kappa shape index (κ1) is 24.3. The standard InChI is InChI=1S/C30H25BrN2O2S/c1-2-17-33-29(34)28(36-30(33)32-24-12-4-3-5-13-24)19-21-15-16-27(26(31)18-21)35-20-23-11-8-10-22-9-6-7-14-25(22)23/h3-16,18-19H,2,17,20H2,1H3/b28-19+,32-30?. The van der Waals surface area contributed by atoms with Crippen LogP contribution in [-0.4, -0.2) is 22.5 Å². The van der Waals surface area contributed by atoms with E-state index in [9.17, 15) is 4.79 Å². The molecule has 4 nitrogen and oxygen atoms in total. The van der Waals surface area contributed by atoms with E-state index in [0.29, 0.717) is 23.2 Å². The third kappa shape index (κ3) is 5.40. The molecule has 4 aromatic carbocycles. The summed E-state index contributed by atoms with van der Waals surface area (Å²) in [6, 6.07) is 30.2. The lowest BCUT2D eigenvalue weighted by atomic mass is 10.1. The predicted octanol–water partition coefficient (Wildman–Crippen LogP) is 8.20. The van der Waals surface area contributed by atoms with Crippen LogP contribution in [0.25, 0.3) is 16.8 Å². The minimum Gasteiger partial charge on any atom is -0.488 e. The van der Waals surface area contributed by atoms with Crippen LogP contribution in [0.5, 0.6) is 5.75 Å². The van der Waals surface area contributed by atoms with Gasteiger partial charge < -0.3 is 4.74 Å². The van der Waals surface area contributed by atoms with Gasteiger partial charge in [0.05, 0.1) is 15.1 Å². The molecule has 1 fully saturated rings. The van der Waals surface area contributed by atoms with E-state index in [2.05, 4.69) is 53.2 Å². The van der Waals surface area contributed by atoms with Gasteiger partial charge in [0.1, 0.15) is 12.4 Å². The molecule has 0 bridgehead atoms. The SMILES string of the molecule is CCCN1C(=O)/C(=C\c2ccc(OCc3cccc4ccccc34)c(Br)c2)SC1=Nc1ccccc1. The number of thioether (sulfide) groups is 1. The summed E-state index contributed by atoms with van der Waals surface area (Å²) in [5.41, 5.74) is 2.90. The van der Waals surface area contributed by atoms with Gasteiger partial charge in [0.15, 0.2) is 5.17 Å². The Hall–Kier alpha value is -3.35. The van der Waals surface area contributed by atoms with Crippen LogP contribution in [0.3, 0.4) is 0 Å². The Labute approximate surface area is 223 Å². The Morgan fingerprint density at radius 3 is 2.56 bits per heavy atom. The van der Waals surface area contributed by atoms with Crippen LogP contribution >= 0.6 is 27.7 Å². The number of para-hydroxylation sites is 1. The van der Waals surface area contributed by atoms with Gasteiger partial charge in [-0.05, 0) is 86.4 Å².